The maximum absolute atomic E-state index is 12.0. The topological polar surface area (TPSA) is 66.4 Å². The van der Waals surface area contributed by atoms with E-state index in [0.717, 1.165) is 11.1 Å². The third-order valence-electron chi connectivity index (χ3n) is 3.99. The molecule has 0 saturated heterocycles. The zero-order chi connectivity index (χ0) is 14.7. The maximum atomic E-state index is 12.0. The van der Waals surface area contributed by atoms with Gasteiger partial charge in [0.15, 0.2) is 0 Å². The number of carbonyl (C=O) groups excluding carboxylic acids is 1. The number of carboxylic acids is 1. The Hall–Kier alpha value is -1.55. The van der Waals surface area contributed by atoms with E-state index < -0.39 is 5.97 Å². The number of carboxylic acid groups (broad SMARTS) is 1. The molecule has 0 heterocycles. The highest BCUT2D eigenvalue weighted by Gasteiger charge is 2.33. The lowest BCUT2D eigenvalue weighted by atomic mass is 10.0. The summed E-state index contributed by atoms with van der Waals surface area (Å²) >= 11 is 6.03. The van der Waals surface area contributed by atoms with Crippen molar-refractivity contribution in [1.29, 1.82) is 0 Å². The molecule has 20 heavy (non-hydrogen) atoms. The minimum absolute atomic E-state index is 0.0619. The molecular formula is C15H18ClNO3. The van der Waals surface area contributed by atoms with Crippen LogP contribution in [-0.4, -0.2) is 17.0 Å². The van der Waals surface area contributed by atoms with Crippen LogP contribution in [0.4, 0.5) is 0 Å². The monoisotopic (exact) mass is 295 g/mol. The molecule has 2 atom stereocenters. The second-order valence-corrected chi connectivity index (χ2v) is 5.69. The van der Waals surface area contributed by atoms with Gasteiger partial charge < -0.3 is 10.4 Å². The molecule has 108 valence electrons. The van der Waals surface area contributed by atoms with Gasteiger partial charge in [0.25, 0.3) is 0 Å². The van der Waals surface area contributed by atoms with Crippen molar-refractivity contribution < 1.29 is 14.7 Å². The van der Waals surface area contributed by atoms with Crippen LogP contribution in [0.2, 0.25) is 5.02 Å². The number of nitrogens with one attached hydrogen (secondary N) is 1. The van der Waals surface area contributed by atoms with Crippen LogP contribution >= 0.6 is 11.6 Å². The first-order valence-electron chi connectivity index (χ1n) is 6.73. The molecule has 1 saturated carbocycles. The van der Waals surface area contributed by atoms with Crippen LogP contribution in [0.1, 0.15) is 30.4 Å². The molecule has 1 aliphatic rings. The predicted molar refractivity (Wildman–Crippen MR) is 76.5 cm³/mol. The smallest absolute Gasteiger partial charge is 0.306 e. The fraction of sp³-hybridized carbons (Fsp3) is 0.467. The maximum Gasteiger partial charge on any atom is 0.306 e. The van der Waals surface area contributed by atoms with E-state index in [1.807, 2.05) is 25.1 Å². The van der Waals surface area contributed by atoms with E-state index in [1.165, 1.54) is 0 Å². The number of rotatable bonds is 4. The van der Waals surface area contributed by atoms with Crippen molar-refractivity contribution in [2.45, 2.75) is 32.7 Å². The highest BCUT2D eigenvalue weighted by molar-refractivity contribution is 6.31. The number of hydrogen-bond acceptors (Lipinski definition) is 2. The lowest BCUT2D eigenvalue weighted by Gasteiger charge is -2.12. The minimum atomic E-state index is -0.800. The van der Waals surface area contributed by atoms with Crippen molar-refractivity contribution in [1.82, 2.24) is 5.32 Å². The Kier molecular flexibility index (Phi) is 4.65. The zero-order valence-electron chi connectivity index (χ0n) is 11.4. The predicted octanol–water partition coefficient (Wildman–Crippen LogP) is 2.77. The van der Waals surface area contributed by atoms with E-state index in [9.17, 15) is 9.59 Å². The molecule has 2 rings (SSSR count). The number of aliphatic carboxylic acids is 1. The summed E-state index contributed by atoms with van der Waals surface area (Å²) in [4.78, 5) is 22.9. The number of hydrogen-bond donors (Lipinski definition) is 2. The molecule has 1 aromatic rings. The minimum Gasteiger partial charge on any atom is -0.481 e. The first-order valence-corrected chi connectivity index (χ1v) is 7.11. The molecule has 1 aromatic carbocycles. The lowest BCUT2D eigenvalue weighted by Crippen LogP contribution is -2.29. The first kappa shape index (κ1) is 14.9. The van der Waals surface area contributed by atoms with Crippen molar-refractivity contribution in [3.8, 4) is 0 Å². The molecule has 0 unspecified atom stereocenters. The van der Waals surface area contributed by atoms with Gasteiger partial charge in [-0.1, -0.05) is 23.7 Å². The van der Waals surface area contributed by atoms with Gasteiger partial charge in [-0.25, -0.2) is 0 Å². The molecule has 0 radical (unpaired) electrons. The second kappa shape index (κ2) is 6.27. The van der Waals surface area contributed by atoms with Crippen molar-refractivity contribution >= 4 is 23.5 Å². The first-order chi connectivity index (χ1) is 9.49. The van der Waals surface area contributed by atoms with Gasteiger partial charge in [-0.05, 0) is 43.4 Å². The Bertz CT molecular complexity index is 530. The van der Waals surface area contributed by atoms with Crippen LogP contribution in [-0.2, 0) is 16.1 Å². The highest BCUT2D eigenvalue weighted by atomic mass is 35.5. The second-order valence-electron chi connectivity index (χ2n) is 5.29. The average molecular weight is 296 g/mol. The van der Waals surface area contributed by atoms with Gasteiger partial charge in [0.2, 0.25) is 5.91 Å². The summed E-state index contributed by atoms with van der Waals surface area (Å²) in [6, 6.07) is 5.60. The van der Waals surface area contributed by atoms with Gasteiger partial charge in [-0.15, -0.1) is 0 Å². The quantitative estimate of drug-likeness (QED) is 0.897. The van der Waals surface area contributed by atoms with Crippen molar-refractivity contribution in [3.63, 3.8) is 0 Å². The lowest BCUT2D eigenvalue weighted by molar-refractivity contribution is -0.141. The molecule has 4 nitrogen and oxygen atoms in total. The number of benzene rings is 1. The van der Waals surface area contributed by atoms with Crippen molar-refractivity contribution in [2.24, 2.45) is 11.8 Å². The fourth-order valence-electron chi connectivity index (χ4n) is 2.61. The van der Waals surface area contributed by atoms with Crippen LogP contribution < -0.4 is 5.32 Å². The summed E-state index contributed by atoms with van der Waals surface area (Å²) in [7, 11) is 0. The molecule has 0 aromatic heterocycles. The van der Waals surface area contributed by atoms with E-state index in [4.69, 9.17) is 16.7 Å². The van der Waals surface area contributed by atoms with Gasteiger partial charge in [0, 0.05) is 17.5 Å². The third kappa shape index (κ3) is 3.31. The third-order valence-corrected chi connectivity index (χ3v) is 4.40. The van der Waals surface area contributed by atoms with E-state index in [-0.39, 0.29) is 17.7 Å². The molecule has 1 amide bonds. The summed E-state index contributed by atoms with van der Waals surface area (Å²) in [5.41, 5.74) is 1.95. The molecular weight excluding hydrogens is 278 g/mol. The summed E-state index contributed by atoms with van der Waals surface area (Å²) < 4.78 is 0. The summed E-state index contributed by atoms with van der Waals surface area (Å²) in [6.07, 6.45) is 1.68. The molecule has 5 heteroatoms. The van der Waals surface area contributed by atoms with Gasteiger partial charge in [-0.2, -0.15) is 0 Å². The largest absolute Gasteiger partial charge is 0.481 e. The summed E-state index contributed by atoms with van der Waals surface area (Å²) in [5, 5.41) is 12.5. The number of amides is 1. The zero-order valence-corrected chi connectivity index (χ0v) is 12.1. The van der Waals surface area contributed by atoms with E-state index in [1.54, 1.807) is 0 Å². The molecule has 0 spiro atoms. The van der Waals surface area contributed by atoms with E-state index >= 15 is 0 Å². The van der Waals surface area contributed by atoms with E-state index in [2.05, 4.69) is 5.32 Å². The van der Waals surface area contributed by atoms with Crippen molar-refractivity contribution in [3.05, 3.63) is 34.3 Å². The van der Waals surface area contributed by atoms with Crippen LogP contribution in [0.3, 0.4) is 0 Å². The van der Waals surface area contributed by atoms with Crippen molar-refractivity contribution in [2.75, 3.05) is 0 Å². The fourth-order valence-corrected chi connectivity index (χ4v) is 2.81. The molecule has 1 aliphatic carbocycles. The summed E-state index contributed by atoms with van der Waals surface area (Å²) in [6.45, 7) is 2.35. The van der Waals surface area contributed by atoms with Crippen LogP contribution in [0.15, 0.2) is 18.2 Å². The Labute approximate surface area is 123 Å². The Morgan fingerprint density at radius 1 is 1.35 bits per heavy atom. The standard InChI is InChI=1S/C15H18ClNO3/c1-9-12(3-2-4-13(9)16)8-17-14(18)10-5-6-11(7-10)15(19)20/h2-4,10-11H,5-8H2,1H3,(H,17,18)(H,19,20)/t10-,11+/m1/s1. The molecule has 0 aliphatic heterocycles. The van der Waals surface area contributed by atoms with Crippen LogP contribution in [0, 0.1) is 18.8 Å². The number of carbonyl (C=O) groups is 2. The van der Waals surface area contributed by atoms with Gasteiger partial charge in [-0.3, -0.25) is 9.59 Å². The summed E-state index contributed by atoms with van der Waals surface area (Å²) in [5.74, 6) is -1.42. The van der Waals surface area contributed by atoms with E-state index in [0.29, 0.717) is 30.8 Å². The van der Waals surface area contributed by atoms with Gasteiger partial charge in [0.1, 0.15) is 0 Å². The van der Waals surface area contributed by atoms with Gasteiger partial charge in [0.05, 0.1) is 5.92 Å². The average Bonchev–Trinajstić information content (AvgIpc) is 2.90. The number of halogens is 1. The Balaban J connectivity index is 1.90. The SMILES string of the molecule is Cc1c(Cl)cccc1CNC(=O)[C@@H]1CC[C@H](C(=O)O)C1. The Morgan fingerprint density at radius 3 is 2.70 bits per heavy atom. The Morgan fingerprint density at radius 2 is 2.05 bits per heavy atom. The van der Waals surface area contributed by atoms with Crippen LogP contribution in [0.25, 0.3) is 0 Å². The molecule has 2 N–H and O–H groups in total. The highest BCUT2D eigenvalue weighted by Crippen LogP contribution is 2.31. The molecule has 0 bridgehead atoms. The van der Waals surface area contributed by atoms with Crippen LogP contribution in [0.5, 0.6) is 0 Å². The normalized spacial score (nSPS) is 21.7. The molecule has 1 fully saturated rings. The van der Waals surface area contributed by atoms with Gasteiger partial charge >= 0.3 is 5.97 Å².